The first-order chi connectivity index (χ1) is 10.9. The van der Waals surface area contributed by atoms with Crippen molar-refractivity contribution >= 4 is 5.78 Å². The summed E-state index contributed by atoms with van der Waals surface area (Å²) < 4.78 is 0. The first-order valence-electron chi connectivity index (χ1n) is 9.32. The molecule has 1 N–H and O–H groups in total. The van der Waals surface area contributed by atoms with Crippen molar-refractivity contribution in [2.24, 2.45) is 29.1 Å². The van der Waals surface area contributed by atoms with Gasteiger partial charge in [0.05, 0.1) is 0 Å². The molecule has 0 bridgehead atoms. The molecule has 6 atom stereocenters. The van der Waals surface area contributed by atoms with Crippen LogP contribution >= 0.6 is 0 Å². The highest BCUT2D eigenvalue weighted by Gasteiger charge is 2.62. The van der Waals surface area contributed by atoms with Gasteiger partial charge in [0.2, 0.25) is 0 Å². The predicted octanol–water partition coefficient (Wildman–Crippen LogP) is 3.88. The molecule has 2 fully saturated rings. The lowest BCUT2D eigenvalue weighted by atomic mass is 9.50. The molecule has 2 nitrogen and oxygen atoms in total. The van der Waals surface area contributed by atoms with Crippen LogP contribution in [0.15, 0.2) is 11.1 Å². The first-order valence-corrected chi connectivity index (χ1v) is 9.32. The van der Waals surface area contributed by atoms with E-state index in [0.29, 0.717) is 35.9 Å². The van der Waals surface area contributed by atoms with E-state index < -0.39 is 5.60 Å². The molecule has 0 aromatic rings. The van der Waals surface area contributed by atoms with E-state index >= 15 is 0 Å². The molecule has 0 spiro atoms. The molecule has 0 aromatic heterocycles. The van der Waals surface area contributed by atoms with Gasteiger partial charge in [0, 0.05) is 18.3 Å². The number of rotatable bonds is 0. The number of carbonyl (C=O) groups excluding carboxylic acids is 1. The van der Waals surface area contributed by atoms with E-state index in [0.717, 1.165) is 44.9 Å². The van der Waals surface area contributed by atoms with Gasteiger partial charge in [-0.2, -0.15) is 0 Å². The van der Waals surface area contributed by atoms with Gasteiger partial charge in [0.15, 0.2) is 0 Å². The molecule has 1 unspecified atom stereocenters. The van der Waals surface area contributed by atoms with E-state index in [1.54, 1.807) is 5.57 Å². The monoisotopic (exact) mass is 312 g/mol. The minimum Gasteiger partial charge on any atom is -0.377 e. The van der Waals surface area contributed by atoms with Crippen LogP contribution in [-0.2, 0) is 4.79 Å². The predicted molar refractivity (Wildman–Crippen MR) is 90.5 cm³/mol. The zero-order chi connectivity index (χ0) is 16.4. The Kier molecular flexibility index (Phi) is 3.34. The number of allylic oxidation sites excluding steroid dienone is 2. The number of ketones is 1. The van der Waals surface area contributed by atoms with Crippen molar-refractivity contribution in [3.05, 3.63) is 11.1 Å². The van der Waals surface area contributed by atoms with E-state index in [-0.39, 0.29) is 5.41 Å². The maximum absolute atomic E-state index is 11.9. The zero-order valence-corrected chi connectivity index (χ0v) is 14.4. The SMILES string of the molecule is C#C[C@]1(O)CCC2[C@@H]3[C@H](C)CC4=C(CCC(=O)C4)[C@H]3CC[C@@]21C. The molecule has 0 aromatic carbocycles. The summed E-state index contributed by atoms with van der Waals surface area (Å²) in [5.41, 5.74) is 2.04. The lowest BCUT2D eigenvalue weighted by Gasteiger charge is -2.55. The summed E-state index contributed by atoms with van der Waals surface area (Å²) >= 11 is 0. The van der Waals surface area contributed by atoms with Crippen molar-refractivity contribution < 1.29 is 9.90 Å². The van der Waals surface area contributed by atoms with Gasteiger partial charge >= 0.3 is 0 Å². The third-order valence-electron chi connectivity index (χ3n) is 7.93. The first kappa shape index (κ1) is 15.5. The second-order valence-electron chi connectivity index (χ2n) is 8.82. The molecule has 0 amide bonds. The van der Waals surface area contributed by atoms with Crippen LogP contribution < -0.4 is 0 Å². The summed E-state index contributed by atoms with van der Waals surface area (Å²) in [4.78, 5) is 11.9. The van der Waals surface area contributed by atoms with Gasteiger partial charge in [0.1, 0.15) is 11.4 Å². The third kappa shape index (κ3) is 1.96. The van der Waals surface area contributed by atoms with E-state index in [1.165, 1.54) is 5.57 Å². The Morgan fingerprint density at radius 2 is 2.04 bits per heavy atom. The summed E-state index contributed by atoms with van der Waals surface area (Å²) in [5.74, 6) is 5.60. The number of hydrogen-bond donors (Lipinski definition) is 1. The molecule has 0 heterocycles. The highest BCUT2D eigenvalue weighted by atomic mass is 16.3. The Balaban J connectivity index is 1.72. The third-order valence-corrected chi connectivity index (χ3v) is 7.93. The quantitative estimate of drug-likeness (QED) is 0.544. The van der Waals surface area contributed by atoms with Crippen molar-refractivity contribution in [3.63, 3.8) is 0 Å². The number of carbonyl (C=O) groups is 1. The molecular weight excluding hydrogens is 284 g/mol. The maximum Gasteiger partial charge on any atom is 0.137 e. The van der Waals surface area contributed by atoms with E-state index in [9.17, 15) is 9.90 Å². The number of aliphatic hydroxyl groups is 1. The second kappa shape index (κ2) is 4.96. The molecule has 4 aliphatic rings. The van der Waals surface area contributed by atoms with Gasteiger partial charge in [0.25, 0.3) is 0 Å². The van der Waals surface area contributed by atoms with Crippen LogP contribution in [0.4, 0.5) is 0 Å². The van der Waals surface area contributed by atoms with Gasteiger partial charge < -0.3 is 5.11 Å². The van der Waals surface area contributed by atoms with E-state index in [2.05, 4.69) is 19.8 Å². The van der Waals surface area contributed by atoms with E-state index in [1.807, 2.05) is 0 Å². The molecular formula is C21H28O2. The fourth-order valence-corrected chi connectivity index (χ4v) is 6.72. The lowest BCUT2D eigenvalue weighted by Crippen LogP contribution is -2.52. The zero-order valence-electron chi connectivity index (χ0n) is 14.4. The number of terminal acetylenes is 1. The Bertz CT molecular complexity index is 624. The number of Topliss-reactive ketones (excluding diaryl/α,β-unsaturated/α-hetero) is 1. The minimum atomic E-state index is -0.917. The average molecular weight is 312 g/mol. The van der Waals surface area contributed by atoms with Crippen LogP contribution in [0.5, 0.6) is 0 Å². The van der Waals surface area contributed by atoms with Gasteiger partial charge in [-0.15, -0.1) is 6.42 Å². The summed E-state index contributed by atoms with van der Waals surface area (Å²) in [6.07, 6.45) is 13.2. The largest absolute Gasteiger partial charge is 0.377 e. The van der Waals surface area contributed by atoms with Crippen molar-refractivity contribution in [1.82, 2.24) is 0 Å². The van der Waals surface area contributed by atoms with Crippen molar-refractivity contribution in [3.8, 4) is 12.3 Å². The summed E-state index contributed by atoms with van der Waals surface area (Å²) in [6, 6.07) is 0. The van der Waals surface area contributed by atoms with Crippen LogP contribution in [0.25, 0.3) is 0 Å². The molecule has 4 rings (SSSR count). The van der Waals surface area contributed by atoms with Crippen LogP contribution in [0.3, 0.4) is 0 Å². The van der Waals surface area contributed by atoms with Crippen LogP contribution in [-0.4, -0.2) is 16.5 Å². The maximum atomic E-state index is 11.9. The molecule has 2 saturated carbocycles. The highest BCUT2D eigenvalue weighted by Crippen LogP contribution is 2.65. The highest BCUT2D eigenvalue weighted by molar-refractivity contribution is 5.82. The summed E-state index contributed by atoms with van der Waals surface area (Å²) in [7, 11) is 0. The Morgan fingerprint density at radius 1 is 1.26 bits per heavy atom. The normalized spacial score (nSPS) is 49.2. The molecule has 2 heteroatoms. The second-order valence-corrected chi connectivity index (χ2v) is 8.82. The number of fused-ring (bicyclic) bond motifs is 4. The fraction of sp³-hybridized carbons (Fsp3) is 0.762. The molecule has 0 aliphatic heterocycles. The van der Waals surface area contributed by atoms with Crippen LogP contribution in [0, 0.1) is 41.4 Å². The molecule has 4 aliphatic carbocycles. The minimum absolute atomic E-state index is 0.125. The van der Waals surface area contributed by atoms with Gasteiger partial charge in [-0.3, -0.25) is 4.79 Å². The fourth-order valence-electron chi connectivity index (χ4n) is 6.72. The van der Waals surface area contributed by atoms with Gasteiger partial charge in [-0.1, -0.05) is 30.9 Å². The topological polar surface area (TPSA) is 37.3 Å². The van der Waals surface area contributed by atoms with Gasteiger partial charge in [-0.05, 0) is 62.2 Å². The average Bonchev–Trinajstić information content (AvgIpc) is 2.79. The molecule has 124 valence electrons. The lowest BCUT2D eigenvalue weighted by molar-refractivity contribution is -0.119. The summed E-state index contributed by atoms with van der Waals surface area (Å²) in [6.45, 7) is 4.60. The smallest absolute Gasteiger partial charge is 0.137 e. The molecule has 23 heavy (non-hydrogen) atoms. The molecule has 0 saturated heterocycles. The van der Waals surface area contributed by atoms with Crippen molar-refractivity contribution in [1.29, 1.82) is 0 Å². The summed E-state index contributed by atoms with van der Waals surface area (Å²) in [5, 5.41) is 11.0. The van der Waals surface area contributed by atoms with Crippen molar-refractivity contribution in [2.75, 3.05) is 0 Å². The Hall–Kier alpha value is -1.07. The Morgan fingerprint density at radius 3 is 2.78 bits per heavy atom. The van der Waals surface area contributed by atoms with E-state index in [4.69, 9.17) is 6.42 Å². The Labute approximate surface area is 139 Å². The van der Waals surface area contributed by atoms with Crippen molar-refractivity contribution in [2.45, 2.75) is 70.8 Å². The van der Waals surface area contributed by atoms with Crippen LogP contribution in [0.1, 0.15) is 65.2 Å². The molecule has 0 radical (unpaired) electrons. The number of hydrogen-bond acceptors (Lipinski definition) is 2. The van der Waals surface area contributed by atoms with Crippen LogP contribution in [0.2, 0.25) is 0 Å². The van der Waals surface area contributed by atoms with Gasteiger partial charge in [-0.25, -0.2) is 0 Å². The standard InChI is InChI=1S/C21H28O2/c1-4-21(23)10-8-18-19-13(2)11-14-12-15(22)5-6-16(14)17(19)7-9-20(18,21)3/h1,13,17-19,23H,5-12H2,2-3H3/t13-,17-,18?,19-,20+,21+/m1/s1.